The Morgan fingerprint density at radius 2 is 1.83 bits per heavy atom. The van der Waals surface area contributed by atoms with Crippen molar-refractivity contribution in [2.75, 3.05) is 12.5 Å². The van der Waals surface area contributed by atoms with Gasteiger partial charge in [-0.15, -0.1) is 11.8 Å². The second-order valence-electron chi connectivity index (χ2n) is 2.12. The lowest BCUT2D eigenvalue weighted by atomic mass is 10.5. The molecule has 0 aromatic carbocycles. The van der Waals surface area contributed by atoms with E-state index in [9.17, 15) is 0 Å². The number of thioether (sulfide) groups is 2. The Balaban J connectivity index is 3.19. The quantitative estimate of drug-likeness (QED) is 0.435. The lowest BCUT2D eigenvalue weighted by Gasteiger charge is -2.04. The maximum Gasteiger partial charge on any atom is 0.188 e. The summed E-state index contributed by atoms with van der Waals surface area (Å²) in [5.41, 5.74) is 0.848. The van der Waals surface area contributed by atoms with Crippen LogP contribution < -0.4 is 0 Å². The highest BCUT2D eigenvalue weighted by atomic mass is 35.5. The Morgan fingerprint density at radius 3 is 2.33 bits per heavy atom. The van der Waals surface area contributed by atoms with Gasteiger partial charge in [0, 0.05) is 0 Å². The van der Waals surface area contributed by atoms with Crippen molar-refractivity contribution in [3.05, 3.63) is 10.7 Å². The SMILES string of the molecule is CSc1nc(C)c(Cl)c(SC)n1. The molecule has 0 saturated carbocycles. The van der Waals surface area contributed by atoms with Crippen LogP contribution in [0.25, 0.3) is 0 Å². The highest BCUT2D eigenvalue weighted by molar-refractivity contribution is 7.99. The maximum atomic E-state index is 5.97. The molecule has 0 aliphatic rings. The van der Waals surface area contributed by atoms with Crippen LogP contribution in [0.1, 0.15) is 5.69 Å². The first kappa shape index (κ1) is 10.2. The van der Waals surface area contributed by atoms with E-state index in [-0.39, 0.29) is 0 Å². The molecule has 0 radical (unpaired) electrons. The molecule has 0 fully saturated rings. The van der Waals surface area contributed by atoms with Gasteiger partial charge < -0.3 is 0 Å². The van der Waals surface area contributed by atoms with Crippen molar-refractivity contribution in [1.82, 2.24) is 9.97 Å². The van der Waals surface area contributed by atoms with Crippen LogP contribution in [-0.4, -0.2) is 22.5 Å². The highest BCUT2D eigenvalue weighted by Crippen LogP contribution is 2.27. The first-order chi connectivity index (χ1) is 5.69. The van der Waals surface area contributed by atoms with Crippen LogP contribution >= 0.6 is 35.1 Å². The van der Waals surface area contributed by atoms with Crippen molar-refractivity contribution >= 4 is 35.1 Å². The van der Waals surface area contributed by atoms with Crippen LogP contribution in [0.4, 0.5) is 0 Å². The minimum absolute atomic E-state index is 0.667. The third kappa shape index (κ3) is 2.06. The Kier molecular flexibility index (Phi) is 3.68. The lowest BCUT2D eigenvalue weighted by molar-refractivity contribution is 0.868. The van der Waals surface area contributed by atoms with Gasteiger partial charge in [-0.1, -0.05) is 23.4 Å². The molecular formula is C7H9ClN2S2. The number of aromatic nitrogens is 2. The Morgan fingerprint density at radius 1 is 1.17 bits per heavy atom. The zero-order valence-electron chi connectivity index (χ0n) is 7.09. The number of nitrogens with zero attached hydrogens (tertiary/aromatic N) is 2. The monoisotopic (exact) mass is 220 g/mol. The smallest absolute Gasteiger partial charge is 0.188 e. The minimum atomic E-state index is 0.667. The molecule has 0 N–H and O–H groups in total. The van der Waals surface area contributed by atoms with E-state index in [1.165, 1.54) is 11.8 Å². The molecule has 5 heteroatoms. The average molecular weight is 221 g/mol. The standard InChI is InChI=1S/C7H9ClN2S2/c1-4-5(8)6(11-2)10-7(9-4)12-3/h1-3H3. The van der Waals surface area contributed by atoms with E-state index in [1.807, 2.05) is 19.4 Å². The zero-order chi connectivity index (χ0) is 9.14. The summed E-state index contributed by atoms with van der Waals surface area (Å²) in [6.07, 6.45) is 3.91. The average Bonchev–Trinajstić information content (AvgIpc) is 2.09. The predicted octanol–water partition coefficient (Wildman–Crippen LogP) is 2.88. The number of aryl methyl sites for hydroxylation is 1. The van der Waals surface area contributed by atoms with Gasteiger partial charge in [-0.2, -0.15) is 0 Å². The van der Waals surface area contributed by atoms with Gasteiger partial charge in [-0.05, 0) is 19.4 Å². The number of hydrogen-bond donors (Lipinski definition) is 0. The molecule has 0 spiro atoms. The van der Waals surface area contributed by atoms with E-state index in [4.69, 9.17) is 11.6 Å². The van der Waals surface area contributed by atoms with Gasteiger partial charge >= 0.3 is 0 Å². The number of halogens is 1. The summed E-state index contributed by atoms with van der Waals surface area (Å²) < 4.78 is 0. The third-order valence-corrected chi connectivity index (χ3v) is 3.14. The first-order valence-electron chi connectivity index (χ1n) is 3.31. The van der Waals surface area contributed by atoms with Gasteiger partial charge in [0.25, 0.3) is 0 Å². The summed E-state index contributed by atoms with van der Waals surface area (Å²) in [7, 11) is 0. The maximum absolute atomic E-state index is 5.97. The van der Waals surface area contributed by atoms with Crippen molar-refractivity contribution in [2.24, 2.45) is 0 Å². The van der Waals surface area contributed by atoms with Gasteiger partial charge in [0.15, 0.2) is 5.16 Å². The summed E-state index contributed by atoms with van der Waals surface area (Å²) >= 11 is 9.04. The summed E-state index contributed by atoms with van der Waals surface area (Å²) in [6.45, 7) is 1.89. The van der Waals surface area contributed by atoms with E-state index in [0.717, 1.165) is 15.9 Å². The fourth-order valence-corrected chi connectivity index (χ4v) is 2.02. The Labute approximate surface area is 85.5 Å². The number of rotatable bonds is 2. The zero-order valence-corrected chi connectivity index (χ0v) is 9.48. The van der Waals surface area contributed by atoms with Gasteiger partial charge in [0.2, 0.25) is 0 Å². The molecule has 12 heavy (non-hydrogen) atoms. The van der Waals surface area contributed by atoms with Crippen molar-refractivity contribution in [3.8, 4) is 0 Å². The van der Waals surface area contributed by atoms with Gasteiger partial charge in [0.05, 0.1) is 10.7 Å². The molecule has 2 nitrogen and oxygen atoms in total. The highest BCUT2D eigenvalue weighted by Gasteiger charge is 2.07. The second-order valence-corrected chi connectivity index (χ2v) is 4.07. The van der Waals surface area contributed by atoms with E-state index >= 15 is 0 Å². The molecule has 0 amide bonds. The molecular weight excluding hydrogens is 212 g/mol. The molecule has 1 aromatic heterocycles. The van der Waals surface area contributed by atoms with E-state index in [1.54, 1.807) is 11.8 Å². The van der Waals surface area contributed by atoms with Crippen LogP contribution in [0.3, 0.4) is 0 Å². The second kappa shape index (κ2) is 4.35. The minimum Gasteiger partial charge on any atom is -0.226 e. The molecule has 0 unspecified atom stereocenters. The normalized spacial score (nSPS) is 10.3. The summed E-state index contributed by atoms with van der Waals surface area (Å²) in [5, 5.41) is 2.30. The number of hydrogen-bond acceptors (Lipinski definition) is 4. The molecule has 0 atom stereocenters. The predicted molar refractivity (Wildman–Crippen MR) is 55.3 cm³/mol. The summed E-state index contributed by atoms with van der Waals surface area (Å²) in [6, 6.07) is 0. The van der Waals surface area contributed by atoms with Crippen LogP contribution in [0.2, 0.25) is 5.02 Å². The van der Waals surface area contributed by atoms with Gasteiger partial charge in [0.1, 0.15) is 5.03 Å². The molecule has 0 saturated heterocycles. The molecule has 0 aliphatic carbocycles. The molecule has 0 bridgehead atoms. The molecule has 1 heterocycles. The third-order valence-electron chi connectivity index (χ3n) is 1.34. The van der Waals surface area contributed by atoms with Crippen molar-refractivity contribution in [1.29, 1.82) is 0 Å². The van der Waals surface area contributed by atoms with Crippen LogP contribution in [-0.2, 0) is 0 Å². The molecule has 0 aliphatic heterocycles. The van der Waals surface area contributed by atoms with Crippen molar-refractivity contribution in [3.63, 3.8) is 0 Å². The largest absolute Gasteiger partial charge is 0.226 e. The lowest BCUT2D eigenvalue weighted by Crippen LogP contribution is -1.93. The Hall–Kier alpha value is 0.0700. The van der Waals surface area contributed by atoms with Gasteiger partial charge in [-0.25, -0.2) is 9.97 Å². The molecule has 1 rings (SSSR count). The van der Waals surface area contributed by atoms with Crippen molar-refractivity contribution in [2.45, 2.75) is 17.1 Å². The summed E-state index contributed by atoms with van der Waals surface area (Å²) in [4.78, 5) is 8.46. The Bertz CT molecular complexity index is 291. The molecule has 66 valence electrons. The van der Waals surface area contributed by atoms with Crippen LogP contribution in [0.15, 0.2) is 10.2 Å². The van der Waals surface area contributed by atoms with E-state index in [0.29, 0.717) is 5.02 Å². The fourth-order valence-electron chi connectivity index (χ4n) is 0.735. The van der Waals surface area contributed by atoms with E-state index in [2.05, 4.69) is 9.97 Å². The fraction of sp³-hybridized carbons (Fsp3) is 0.429. The van der Waals surface area contributed by atoms with Crippen LogP contribution in [0.5, 0.6) is 0 Å². The van der Waals surface area contributed by atoms with Gasteiger partial charge in [-0.3, -0.25) is 0 Å². The topological polar surface area (TPSA) is 25.8 Å². The summed E-state index contributed by atoms with van der Waals surface area (Å²) in [5.74, 6) is 0. The van der Waals surface area contributed by atoms with Crippen molar-refractivity contribution < 1.29 is 0 Å². The van der Waals surface area contributed by atoms with E-state index < -0.39 is 0 Å². The first-order valence-corrected chi connectivity index (χ1v) is 6.14. The van der Waals surface area contributed by atoms with Crippen LogP contribution in [0, 0.1) is 6.92 Å². The molecule has 1 aromatic rings.